The highest BCUT2D eigenvalue weighted by molar-refractivity contribution is 9.10. The van der Waals surface area contributed by atoms with E-state index >= 15 is 0 Å². The van der Waals surface area contributed by atoms with Gasteiger partial charge in [-0.25, -0.2) is 8.42 Å². The van der Waals surface area contributed by atoms with Gasteiger partial charge in [0.15, 0.2) is 0 Å². The summed E-state index contributed by atoms with van der Waals surface area (Å²) in [5.41, 5.74) is 6.72. The molecule has 0 amide bonds. The molecule has 18 heavy (non-hydrogen) atoms. The lowest BCUT2D eigenvalue weighted by Gasteiger charge is -2.22. The van der Waals surface area contributed by atoms with Crippen LogP contribution in [0.1, 0.15) is 32.1 Å². The molecule has 6 heteroatoms. The van der Waals surface area contributed by atoms with Crippen LogP contribution >= 0.6 is 15.9 Å². The third-order valence-electron chi connectivity index (χ3n) is 3.23. The molecule has 0 unspecified atom stereocenters. The standard InChI is InChI=1S/C12H17BrN2O2S/c13-11-7-6-9(14)8-12(11)15-18(16,17)10-4-2-1-3-5-10/h6-8,10,15H,1-5,14H2. The van der Waals surface area contributed by atoms with Crippen molar-refractivity contribution in [2.45, 2.75) is 37.4 Å². The van der Waals surface area contributed by atoms with Crippen LogP contribution in [0.5, 0.6) is 0 Å². The maximum Gasteiger partial charge on any atom is 0.235 e. The number of anilines is 2. The van der Waals surface area contributed by atoms with Crippen LogP contribution < -0.4 is 10.5 Å². The zero-order chi connectivity index (χ0) is 13.2. The average Bonchev–Trinajstić information content (AvgIpc) is 2.35. The predicted octanol–water partition coefficient (Wildman–Crippen LogP) is 3.11. The lowest BCUT2D eigenvalue weighted by atomic mass is 10.0. The van der Waals surface area contributed by atoms with Crippen molar-refractivity contribution in [1.29, 1.82) is 0 Å². The predicted molar refractivity (Wildman–Crippen MR) is 78.0 cm³/mol. The van der Waals surface area contributed by atoms with Crippen LogP contribution in [-0.4, -0.2) is 13.7 Å². The molecule has 1 aromatic carbocycles. The quantitative estimate of drug-likeness (QED) is 0.835. The van der Waals surface area contributed by atoms with Gasteiger partial charge >= 0.3 is 0 Å². The van der Waals surface area contributed by atoms with Gasteiger partial charge in [-0.3, -0.25) is 4.72 Å². The van der Waals surface area contributed by atoms with Gasteiger partial charge in [0.2, 0.25) is 10.0 Å². The van der Waals surface area contributed by atoms with Crippen LogP contribution in [0.15, 0.2) is 22.7 Å². The van der Waals surface area contributed by atoms with E-state index in [4.69, 9.17) is 5.73 Å². The van der Waals surface area contributed by atoms with Crippen molar-refractivity contribution in [3.8, 4) is 0 Å². The SMILES string of the molecule is Nc1ccc(Br)c(NS(=O)(=O)C2CCCCC2)c1. The summed E-state index contributed by atoms with van der Waals surface area (Å²) in [6, 6.07) is 5.10. The summed E-state index contributed by atoms with van der Waals surface area (Å²) in [5, 5.41) is -0.278. The van der Waals surface area contributed by atoms with Crippen molar-refractivity contribution in [2.24, 2.45) is 0 Å². The Labute approximate surface area is 116 Å². The van der Waals surface area contributed by atoms with Crippen LogP contribution in [0.25, 0.3) is 0 Å². The molecule has 100 valence electrons. The molecule has 1 saturated carbocycles. The Morgan fingerprint density at radius 1 is 1.22 bits per heavy atom. The lowest BCUT2D eigenvalue weighted by Crippen LogP contribution is -2.29. The summed E-state index contributed by atoms with van der Waals surface area (Å²) in [4.78, 5) is 0. The molecule has 4 nitrogen and oxygen atoms in total. The Hall–Kier alpha value is -0.750. The van der Waals surface area contributed by atoms with E-state index in [9.17, 15) is 8.42 Å². The van der Waals surface area contributed by atoms with Gasteiger partial charge in [-0.15, -0.1) is 0 Å². The van der Waals surface area contributed by atoms with E-state index in [0.29, 0.717) is 15.8 Å². The van der Waals surface area contributed by atoms with Gasteiger partial charge in [0.05, 0.1) is 10.9 Å². The van der Waals surface area contributed by atoms with Gasteiger partial charge in [0, 0.05) is 10.2 Å². The van der Waals surface area contributed by atoms with Crippen molar-refractivity contribution < 1.29 is 8.42 Å². The largest absolute Gasteiger partial charge is 0.399 e. The maximum absolute atomic E-state index is 12.2. The minimum Gasteiger partial charge on any atom is -0.399 e. The van der Waals surface area contributed by atoms with Crippen LogP contribution in [0.4, 0.5) is 11.4 Å². The van der Waals surface area contributed by atoms with Crippen LogP contribution in [0.2, 0.25) is 0 Å². The second-order valence-corrected chi connectivity index (χ2v) is 7.46. The van der Waals surface area contributed by atoms with Gasteiger partial charge < -0.3 is 5.73 Å². The summed E-state index contributed by atoms with van der Waals surface area (Å²) in [6.45, 7) is 0. The first kappa shape index (κ1) is 13.7. The van der Waals surface area contributed by atoms with E-state index in [-0.39, 0.29) is 5.25 Å². The van der Waals surface area contributed by atoms with Crippen molar-refractivity contribution in [3.05, 3.63) is 22.7 Å². The van der Waals surface area contributed by atoms with Crippen molar-refractivity contribution in [3.63, 3.8) is 0 Å². The Morgan fingerprint density at radius 3 is 2.56 bits per heavy atom. The van der Waals surface area contributed by atoms with E-state index in [1.165, 1.54) is 0 Å². The minimum atomic E-state index is -3.31. The number of hydrogen-bond acceptors (Lipinski definition) is 3. The van der Waals surface area contributed by atoms with Gasteiger partial charge in [0.1, 0.15) is 0 Å². The average molecular weight is 333 g/mol. The molecule has 1 aliphatic rings. The highest BCUT2D eigenvalue weighted by Crippen LogP contribution is 2.29. The molecule has 0 aliphatic heterocycles. The van der Waals surface area contributed by atoms with Gasteiger partial charge in [0.25, 0.3) is 0 Å². The first-order valence-corrected chi connectivity index (χ1v) is 8.39. The van der Waals surface area contributed by atoms with Crippen LogP contribution in [0.3, 0.4) is 0 Å². The number of benzene rings is 1. The summed E-state index contributed by atoms with van der Waals surface area (Å²) >= 11 is 3.32. The number of nitrogens with two attached hydrogens (primary N) is 1. The molecule has 3 N–H and O–H groups in total. The second kappa shape index (κ2) is 5.48. The number of halogens is 1. The zero-order valence-electron chi connectivity index (χ0n) is 10.0. The van der Waals surface area contributed by atoms with Gasteiger partial charge in [-0.2, -0.15) is 0 Å². The molecular weight excluding hydrogens is 316 g/mol. The summed E-state index contributed by atoms with van der Waals surface area (Å²) in [6.07, 6.45) is 4.60. The molecule has 1 aromatic rings. The monoisotopic (exact) mass is 332 g/mol. The molecule has 0 spiro atoms. The lowest BCUT2D eigenvalue weighted by molar-refractivity contribution is 0.486. The van der Waals surface area contributed by atoms with E-state index in [0.717, 1.165) is 32.1 Å². The number of sulfonamides is 1. The fraction of sp³-hybridized carbons (Fsp3) is 0.500. The molecule has 1 aliphatic carbocycles. The van der Waals surface area contributed by atoms with E-state index in [1.54, 1.807) is 18.2 Å². The molecule has 2 rings (SSSR count). The van der Waals surface area contributed by atoms with E-state index in [2.05, 4.69) is 20.7 Å². The molecule has 0 atom stereocenters. The topological polar surface area (TPSA) is 72.2 Å². The van der Waals surface area contributed by atoms with Crippen LogP contribution in [0, 0.1) is 0 Å². The number of rotatable bonds is 3. The summed E-state index contributed by atoms with van der Waals surface area (Å²) in [5.74, 6) is 0. The number of nitrogens with one attached hydrogen (secondary N) is 1. The maximum atomic E-state index is 12.2. The minimum absolute atomic E-state index is 0.278. The summed E-state index contributed by atoms with van der Waals surface area (Å²) < 4.78 is 27.8. The molecule has 0 aromatic heterocycles. The highest BCUT2D eigenvalue weighted by atomic mass is 79.9. The smallest absolute Gasteiger partial charge is 0.235 e. The van der Waals surface area contributed by atoms with Crippen molar-refractivity contribution in [1.82, 2.24) is 0 Å². The first-order valence-electron chi connectivity index (χ1n) is 6.06. The first-order chi connectivity index (χ1) is 8.49. The van der Waals surface area contributed by atoms with Gasteiger partial charge in [-0.05, 0) is 47.0 Å². The normalized spacial score (nSPS) is 17.6. The van der Waals surface area contributed by atoms with Crippen molar-refractivity contribution in [2.75, 3.05) is 10.5 Å². The Kier molecular flexibility index (Phi) is 4.17. The zero-order valence-corrected chi connectivity index (χ0v) is 12.4. The fourth-order valence-electron chi connectivity index (χ4n) is 2.23. The van der Waals surface area contributed by atoms with Gasteiger partial charge in [-0.1, -0.05) is 19.3 Å². The number of nitrogen functional groups attached to an aromatic ring is 1. The fourth-order valence-corrected chi connectivity index (χ4v) is 4.31. The molecule has 0 radical (unpaired) electrons. The van der Waals surface area contributed by atoms with Crippen molar-refractivity contribution >= 4 is 37.3 Å². The second-order valence-electron chi connectivity index (χ2n) is 4.65. The van der Waals surface area contributed by atoms with E-state index in [1.807, 2.05) is 0 Å². The number of hydrogen-bond donors (Lipinski definition) is 2. The third-order valence-corrected chi connectivity index (χ3v) is 5.78. The summed E-state index contributed by atoms with van der Waals surface area (Å²) in [7, 11) is -3.31. The Balaban J connectivity index is 2.18. The molecule has 0 heterocycles. The Bertz CT molecular complexity index is 525. The molecule has 0 bridgehead atoms. The third kappa shape index (κ3) is 3.17. The van der Waals surface area contributed by atoms with Crippen LogP contribution in [-0.2, 0) is 10.0 Å². The Morgan fingerprint density at radius 2 is 1.89 bits per heavy atom. The van der Waals surface area contributed by atoms with E-state index < -0.39 is 10.0 Å². The highest BCUT2D eigenvalue weighted by Gasteiger charge is 2.27. The molecule has 1 fully saturated rings. The molecular formula is C12H17BrN2O2S. The molecule has 0 saturated heterocycles.